The second kappa shape index (κ2) is 14.1. The van der Waals surface area contributed by atoms with Gasteiger partial charge in [0.15, 0.2) is 0 Å². The van der Waals surface area contributed by atoms with Gasteiger partial charge in [-0.1, -0.05) is 84.0 Å². The van der Waals surface area contributed by atoms with E-state index in [-0.39, 0.29) is 44.0 Å². The highest BCUT2D eigenvalue weighted by Gasteiger charge is 2.33. The predicted molar refractivity (Wildman–Crippen MR) is 166 cm³/mol. The first-order chi connectivity index (χ1) is 19.2. The first-order valence-corrected chi connectivity index (χ1v) is 15.7. The summed E-state index contributed by atoms with van der Waals surface area (Å²) in [6.07, 6.45) is 0. The number of aryl methyl sites for hydroxylation is 1. The van der Waals surface area contributed by atoms with Gasteiger partial charge in [-0.15, -0.1) is 0 Å². The number of benzene rings is 3. The highest BCUT2D eigenvalue weighted by molar-refractivity contribution is 7.92. The van der Waals surface area contributed by atoms with E-state index in [0.717, 1.165) is 9.87 Å². The van der Waals surface area contributed by atoms with E-state index in [1.165, 1.54) is 35.2 Å². The maximum atomic E-state index is 14.0. The Kier molecular flexibility index (Phi) is 11.4. The summed E-state index contributed by atoms with van der Waals surface area (Å²) in [4.78, 5) is 28.3. The molecule has 3 aromatic carbocycles. The van der Waals surface area contributed by atoms with Gasteiger partial charge in [-0.3, -0.25) is 13.9 Å². The van der Waals surface area contributed by atoms with E-state index in [1.807, 2.05) is 20.8 Å². The maximum absolute atomic E-state index is 14.0. The van der Waals surface area contributed by atoms with Crippen molar-refractivity contribution in [2.24, 2.45) is 5.92 Å². The van der Waals surface area contributed by atoms with Gasteiger partial charge in [0.25, 0.3) is 10.0 Å². The monoisotopic (exact) mass is 657 g/mol. The lowest BCUT2D eigenvalue weighted by Crippen LogP contribution is -2.51. The van der Waals surface area contributed by atoms with Gasteiger partial charge in [-0.05, 0) is 67.8 Å². The summed E-state index contributed by atoms with van der Waals surface area (Å²) in [7, 11) is -4.29. The van der Waals surface area contributed by atoms with Crippen LogP contribution in [0.4, 0.5) is 5.69 Å². The maximum Gasteiger partial charge on any atom is 0.264 e. The van der Waals surface area contributed by atoms with Crippen LogP contribution in [0.15, 0.2) is 65.6 Å². The normalized spacial score (nSPS) is 12.2. The van der Waals surface area contributed by atoms with E-state index >= 15 is 0 Å². The largest absolute Gasteiger partial charge is 0.354 e. The van der Waals surface area contributed by atoms with Crippen molar-refractivity contribution in [1.29, 1.82) is 0 Å². The number of carbonyl (C=O) groups is 2. The second-order valence-corrected chi connectivity index (χ2v) is 13.5. The van der Waals surface area contributed by atoms with Crippen molar-refractivity contribution in [2.75, 3.05) is 17.4 Å². The summed E-state index contributed by atoms with van der Waals surface area (Å²) in [5.74, 6) is -0.846. The number of anilines is 1. The van der Waals surface area contributed by atoms with E-state index in [4.69, 9.17) is 46.4 Å². The SMILES string of the molecule is Cc1ccc(S(=O)(=O)N(CC(=O)N(Cc2ccc(Cl)c(Cl)c2)C(C)C(=O)NCC(C)C)c2cc(Cl)ccc2Cl)cc1. The van der Waals surface area contributed by atoms with Crippen LogP contribution in [0.1, 0.15) is 31.9 Å². The molecule has 0 radical (unpaired) electrons. The van der Waals surface area contributed by atoms with E-state index in [1.54, 1.807) is 37.3 Å². The molecule has 0 fully saturated rings. The molecule has 7 nitrogen and oxygen atoms in total. The van der Waals surface area contributed by atoms with Crippen molar-refractivity contribution < 1.29 is 18.0 Å². The van der Waals surface area contributed by atoms with E-state index < -0.39 is 28.5 Å². The lowest BCUT2D eigenvalue weighted by atomic mass is 10.1. The Hall–Kier alpha value is -2.49. The number of rotatable bonds is 11. The molecule has 220 valence electrons. The average Bonchev–Trinajstić information content (AvgIpc) is 2.92. The Balaban J connectivity index is 2.07. The van der Waals surface area contributed by atoms with Gasteiger partial charge in [0.1, 0.15) is 12.6 Å². The van der Waals surface area contributed by atoms with Crippen LogP contribution >= 0.6 is 46.4 Å². The van der Waals surface area contributed by atoms with Crippen LogP contribution in [-0.2, 0) is 26.2 Å². The van der Waals surface area contributed by atoms with Gasteiger partial charge in [0, 0.05) is 18.1 Å². The summed E-state index contributed by atoms with van der Waals surface area (Å²) < 4.78 is 28.8. The Labute approximate surface area is 261 Å². The van der Waals surface area contributed by atoms with E-state index in [0.29, 0.717) is 17.1 Å². The number of carbonyl (C=O) groups excluding carboxylic acids is 2. The molecule has 0 aliphatic rings. The molecule has 1 atom stereocenters. The molecule has 3 aromatic rings. The number of nitrogens with one attached hydrogen (secondary N) is 1. The Bertz CT molecular complexity index is 1510. The van der Waals surface area contributed by atoms with Gasteiger partial charge in [0.05, 0.1) is 25.7 Å². The van der Waals surface area contributed by atoms with Crippen LogP contribution in [0.25, 0.3) is 0 Å². The topological polar surface area (TPSA) is 86.8 Å². The number of hydrogen-bond acceptors (Lipinski definition) is 4. The molecule has 0 aromatic heterocycles. The van der Waals surface area contributed by atoms with Crippen LogP contribution in [0, 0.1) is 12.8 Å². The van der Waals surface area contributed by atoms with Crippen LogP contribution in [0.3, 0.4) is 0 Å². The molecule has 0 saturated carbocycles. The molecule has 41 heavy (non-hydrogen) atoms. The van der Waals surface area contributed by atoms with Crippen molar-refractivity contribution in [3.05, 3.63) is 91.9 Å². The van der Waals surface area contributed by atoms with Crippen molar-refractivity contribution in [1.82, 2.24) is 10.2 Å². The molecule has 1 N–H and O–H groups in total. The van der Waals surface area contributed by atoms with Gasteiger partial charge in [-0.2, -0.15) is 0 Å². The third-order valence-electron chi connectivity index (χ3n) is 6.25. The quantitative estimate of drug-likeness (QED) is 0.241. The molecular weight excluding hydrogens is 628 g/mol. The summed E-state index contributed by atoms with van der Waals surface area (Å²) in [6.45, 7) is 7.03. The number of halogens is 4. The number of nitrogens with zero attached hydrogens (tertiary/aromatic N) is 2. The molecule has 0 spiro atoms. The highest BCUT2D eigenvalue weighted by Crippen LogP contribution is 2.33. The van der Waals surface area contributed by atoms with Crippen molar-refractivity contribution in [3.8, 4) is 0 Å². The number of amides is 2. The molecule has 0 saturated heterocycles. The molecule has 0 aliphatic heterocycles. The third kappa shape index (κ3) is 8.52. The second-order valence-electron chi connectivity index (χ2n) is 10.0. The Morgan fingerprint density at radius 3 is 2.10 bits per heavy atom. The van der Waals surface area contributed by atoms with Gasteiger partial charge >= 0.3 is 0 Å². The minimum absolute atomic E-state index is 0.0273. The first-order valence-electron chi connectivity index (χ1n) is 12.8. The minimum Gasteiger partial charge on any atom is -0.354 e. The summed E-state index contributed by atoms with van der Waals surface area (Å²) in [5, 5.41) is 3.76. The molecule has 0 bridgehead atoms. The first kappa shape index (κ1) is 33.0. The zero-order valence-electron chi connectivity index (χ0n) is 23.0. The highest BCUT2D eigenvalue weighted by atomic mass is 35.5. The fraction of sp³-hybridized carbons (Fsp3) is 0.310. The standard InChI is InChI=1S/C29H31Cl4N3O4S/c1-18(2)15-34-29(38)20(4)35(16-21-7-11-24(31)26(33)13-21)28(37)17-36(27-14-22(30)8-12-25(27)32)41(39,40)23-9-5-19(3)6-10-23/h5-14,18,20H,15-17H2,1-4H3,(H,34,38). The molecule has 2 amide bonds. The van der Waals surface area contributed by atoms with Crippen LogP contribution < -0.4 is 9.62 Å². The predicted octanol–water partition coefficient (Wildman–Crippen LogP) is 6.99. The molecule has 1 unspecified atom stereocenters. The molecular formula is C29H31Cl4N3O4S. The average molecular weight is 659 g/mol. The van der Waals surface area contributed by atoms with E-state index in [2.05, 4.69) is 5.32 Å². The lowest BCUT2D eigenvalue weighted by molar-refractivity contribution is -0.139. The summed E-state index contributed by atoms with van der Waals surface area (Å²) >= 11 is 24.9. The van der Waals surface area contributed by atoms with Crippen molar-refractivity contribution >= 4 is 73.9 Å². The number of hydrogen-bond donors (Lipinski definition) is 1. The van der Waals surface area contributed by atoms with Gasteiger partial charge in [0.2, 0.25) is 11.8 Å². The molecule has 12 heteroatoms. The zero-order valence-corrected chi connectivity index (χ0v) is 26.8. The zero-order chi connectivity index (χ0) is 30.5. The summed E-state index contributed by atoms with van der Waals surface area (Å²) in [5.41, 5.74) is 1.49. The smallest absolute Gasteiger partial charge is 0.264 e. The number of sulfonamides is 1. The van der Waals surface area contributed by atoms with Gasteiger partial charge < -0.3 is 10.2 Å². The lowest BCUT2D eigenvalue weighted by Gasteiger charge is -2.32. The van der Waals surface area contributed by atoms with E-state index in [9.17, 15) is 18.0 Å². The van der Waals surface area contributed by atoms with Crippen molar-refractivity contribution in [2.45, 2.75) is 45.2 Å². The molecule has 0 heterocycles. The van der Waals surface area contributed by atoms with Crippen LogP contribution in [-0.4, -0.2) is 44.3 Å². The Morgan fingerprint density at radius 2 is 1.49 bits per heavy atom. The summed E-state index contributed by atoms with van der Waals surface area (Å²) in [6, 6.07) is 14.5. The minimum atomic E-state index is -4.29. The molecule has 3 rings (SSSR count). The third-order valence-corrected chi connectivity index (χ3v) is 9.32. The molecule has 0 aliphatic carbocycles. The van der Waals surface area contributed by atoms with Crippen molar-refractivity contribution in [3.63, 3.8) is 0 Å². The van der Waals surface area contributed by atoms with Crippen LogP contribution in [0.2, 0.25) is 20.1 Å². The fourth-order valence-corrected chi connectivity index (χ4v) is 6.08. The fourth-order valence-electron chi connectivity index (χ4n) is 3.90. The van der Waals surface area contributed by atoms with Gasteiger partial charge in [-0.25, -0.2) is 8.42 Å². The van der Waals surface area contributed by atoms with Crippen LogP contribution in [0.5, 0.6) is 0 Å². The Morgan fingerprint density at radius 1 is 0.854 bits per heavy atom.